The number of nitrogens with zero attached hydrogens (tertiary/aromatic N) is 3. The maximum absolute atomic E-state index is 11.8. The van der Waals surface area contributed by atoms with Gasteiger partial charge in [-0.15, -0.1) is 0 Å². The minimum absolute atomic E-state index is 0.155. The van der Waals surface area contributed by atoms with Gasteiger partial charge >= 0.3 is 0 Å². The smallest absolute Gasteiger partial charge is 0.252 e. The number of carbonyl (C=O) groups is 1. The summed E-state index contributed by atoms with van der Waals surface area (Å²) in [5.41, 5.74) is 0.375. The molecule has 0 fully saturated rings. The molecule has 0 bridgehead atoms. The van der Waals surface area contributed by atoms with Crippen LogP contribution in [0.5, 0.6) is 0 Å². The van der Waals surface area contributed by atoms with E-state index in [1.807, 2.05) is 20.8 Å². The number of pyridine rings is 1. The van der Waals surface area contributed by atoms with Crippen molar-refractivity contribution in [2.45, 2.75) is 32.6 Å². The highest BCUT2D eigenvalue weighted by molar-refractivity contribution is 5.93. The first-order chi connectivity index (χ1) is 9.47. The third kappa shape index (κ3) is 3.63. The molecule has 106 valence electrons. The molecule has 0 aliphatic rings. The Hall–Kier alpha value is -2.24. The summed E-state index contributed by atoms with van der Waals surface area (Å²) in [6.45, 7) is 6.48. The van der Waals surface area contributed by atoms with E-state index in [9.17, 15) is 4.79 Å². The zero-order valence-corrected chi connectivity index (χ0v) is 11.9. The van der Waals surface area contributed by atoms with Gasteiger partial charge in [-0.2, -0.15) is 4.98 Å². The lowest BCUT2D eigenvalue weighted by atomic mass is 9.97. The molecule has 0 aromatic carbocycles. The molecular weight excluding hydrogens is 256 g/mol. The lowest BCUT2D eigenvalue weighted by Crippen LogP contribution is -2.26. The molecule has 1 amide bonds. The lowest BCUT2D eigenvalue weighted by molar-refractivity contribution is 0.0953. The Labute approximate surface area is 117 Å². The molecule has 0 saturated heterocycles. The maximum Gasteiger partial charge on any atom is 0.252 e. The number of hydrogen-bond donors (Lipinski definition) is 1. The average Bonchev–Trinajstić information content (AvgIpc) is 2.88. The molecule has 2 rings (SSSR count). The Bertz CT molecular complexity index is 572. The van der Waals surface area contributed by atoms with Crippen LogP contribution in [0.15, 0.2) is 29.0 Å². The maximum atomic E-state index is 11.8. The summed E-state index contributed by atoms with van der Waals surface area (Å²) in [5, 5.41) is 6.70. The van der Waals surface area contributed by atoms with Gasteiger partial charge in [0, 0.05) is 30.8 Å². The van der Waals surface area contributed by atoms with E-state index >= 15 is 0 Å². The molecule has 6 heteroatoms. The highest BCUT2D eigenvalue weighted by Gasteiger charge is 2.21. The van der Waals surface area contributed by atoms with E-state index < -0.39 is 0 Å². The topological polar surface area (TPSA) is 80.9 Å². The SMILES string of the molecule is CC(C)(C)c1nc(CCNC(=O)c2cccnc2)no1. The van der Waals surface area contributed by atoms with Crippen LogP contribution in [0.2, 0.25) is 0 Å². The molecule has 0 spiro atoms. The number of amides is 1. The molecule has 20 heavy (non-hydrogen) atoms. The number of rotatable bonds is 4. The first-order valence-electron chi connectivity index (χ1n) is 6.48. The molecule has 0 aliphatic carbocycles. The second kappa shape index (κ2) is 5.81. The predicted octanol–water partition coefficient (Wildman–Crippen LogP) is 1.73. The summed E-state index contributed by atoms with van der Waals surface area (Å²) in [4.78, 5) is 20.0. The standard InChI is InChI=1S/C14H18N4O2/c1-14(2,3)13-17-11(18-20-13)6-8-16-12(19)10-5-4-7-15-9-10/h4-5,7,9H,6,8H2,1-3H3,(H,16,19). The zero-order valence-electron chi connectivity index (χ0n) is 11.9. The molecule has 1 N–H and O–H groups in total. The molecule has 2 aromatic heterocycles. The van der Waals surface area contributed by atoms with Crippen molar-refractivity contribution >= 4 is 5.91 Å². The van der Waals surface area contributed by atoms with Gasteiger partial charge in [0.25, 0.3) is 5.91 Å². The summed E-state index contributed by atoms with van der Waals surface area (Å²) in [6.07, 6.45) is 3.69. The fourth-order valence-electron chi connectivity index (χ4n) is 1.55. The van der Waals surface area contributed by atoms with E-state index in [0.717, 1.165) is 0 Å². The van der Waals surface area contributed by atoms with Gasteiger partial charge in [0.1, 0.15) is 0 Å². The molecule has 6 nitrogen and oxygen atoms in total. The van der Waals surface area contributed by atoms with Crippen LogP contribution >= 0.6 is 0 Å². The summed E-state index contributed by atoms with van der Waals surface area (Å²) in [7, 11) is 0. The molecule has 2 heterocycles. The highest BCUT2D eigenvalue weighted by Crippen LogP contribution is 2.19. The van der Waals surface area contributed by atoms with Crippen LogP contribution in [0, 0.1) is 0 Å². The largest absolute Gasteiger partial charge is 0.352 e. The molecule has 0 radical (unpaired) electrons. The van der Waals surface area contributed by atoms with E-state index in [0.29, 0.717) is 30.2 Å². The molecule has 0 unspecified atom stereocenters. The van der Waals surface area contributed by atoms with Crippen molar-refractivity contribution in [3.63, 3.8) is 0 Å². The Kier molecular flexibility index (Phi) is 4.12. The van der Waals surface area contributed by atoms with E-state index in [-0.39, 0.29) is 11.3 Å². The van der Waals surface area contributed by atoms with Gasteiger partial charge in [-0.1, -0.05) is 25.9 Å². The van der Waals surface area contributed by atoms with Crippen molar-refractivity contribution in [2.75, 3.05) is 6.54 Å². The van der Waals surface area contributed by atoms with E-state index in [2.05, 4.69) is 20.4 Å². The van der Waals surface area contributed by atoms with Crippen LogP contribution in [0.25, 0.3) is 0 Å². The average molecular weight is 274 g/mol. The van der Waals surface area contributed by atoms with E-state index in [1.54, 1.807) is 18.3 Å². The zero-order chi connectivity index (χ0) is 14.6. The number of carbonyl (C=O) groups excluding carboxylic acids is 1. The number of aromatic nitrogens is 3. The van der Waals surface area contributed by atoms with Crippen molar-refractivity contribution in [1.29, 1.82) is 0 Å². The normalized spacial score (nSPS) is 11.3. The second-order valence-corrected chi connectivity index (χ2v) is 5.51. The summed E-state index contributed by atoms with van der Waals surface area (Å²) >= 11 is 0. The Balaban J connectivity index is 1.85. The van der Waals surface area contributed by atoms with Crippen molar-refractivity contribution < 1.29 is 9.32 Å². The third-order valence-electron chi connectivity index (χ3n) is 2.67. The molecule has 0 saturated carbocycles. The van der Waals surface area contributed by atoms with Gasteiger partial charge in [-0.25, -0.2) is 0 Å². The summed E-state index contributed by atoms with van der Waals surface area (Å²) in [5.74, 6) is 1.05. The Morgan fingerprint density at radius 3 is 2.80 bits per heavy atom. The second-order valence-electron chi connectivity index (χ2n) is 5.51. The predicted molar refractivity (Wildman–Crippen MR) is 73.3 cm³/mol. The van der Waals surface area contributed by atoms with Crippen LogP contribution in [0.3, 0.4) is 0 Å². The highest BCUT2D eigenvalue weighted by atomic mass is 16.5. The minimum Gasteiger partial charge on any atom is -0.352 e. The lowest BCUT2D eigenvalue weighted by Gasteiger charge is -2.10. The molecule has 2 aromatic rings. The van der Waals surface area contributed by atoms with Crippen molar-refractivity contribution in [2.24, 2.45) is 0 Å². The molecular formula is C14H18N4O2. The van der Waals surface area contributed by atoms with Crippen LogP contribution < -0.4 is 5.32 Å². The quantitative estimate of drug-likeness (QED) is 0.918. The van der Waals surface area contributed by atoms with E-state index in [4.69, 9.17) is 4.52 Å². The fourth-order valence-corrected chi connectivity index (χ4v) is 1.55. The van der Waals surface area contributed by atoms with Gasteiger partial charge in [0.05, 0.1) is 5.56 Å². The van der Waals surface area contributed by atoms with Gasteiger partial charge in [0.2, 0.25) is 5.89 Å². The Morgan fingerprint density at radius 1 is 1.40 bits per heavy atom. The first-order valence-corrected chi connectivity index (χ1v) is 6.48. The van der Waals surface area contributed by atoms with Crippen LogP contribution in [0.4, 0.5) is 0 Å². The summed E-state index contributed by atoms with van der Waals surface area (Å²) < 4.78 is 5.19. The Morgan fingerprint density at radius 2 is 2.20 bits per heavy atom. The van der Waals surface area contributed by atoms with Crippen LogP contribution in [0.1, 0.15) is 42.8 Å². The van der Waals surface area contributed by atoms with Crippen molar-refractivity contribution in [3.8, 4) is 0 Å². The number of hydrogen-bond acceptors (Lipinski definition) is 5. The number of nitrogens with one attached hydrogen (secondary N) is 1. The van der Waals surface area contributed by atoms with Crippen molar-refractivity contribution in [3.05, 3.63) is 41.8 Å². The minimum atomic E-state index is -0.162. The first kappa shape index (κ1) is 14.2. The fraction of sp³-hybridized carbons (Fsp3) is 0.429. The van der Waals surface area contributed by atoms with Gasteiger partial charge in [-0.05, 0) is 12.1 Å². The third-order valence-corrected chi connectivity index (χ3v) is 2.67. The van der Waals surface area contributed by atoms with E-state index in [1.165, 1.54) is 6.20 Å². The van der Waals surface area contributed by atoms with Gasteiger partial charge < -0.3 is 9.84 Å². The molecule has 0 atom stereocenters. The van der Waals surface area contributed by atoms with Gasteiger partial charge in [-0.3, -0.25) is 9.78 Å². The summed E-state index contributed by atoms with van der Waals surface area (Å²) in [6, 6.07) is 3.44. The van der Waals surface area contributed by atoms with Crippen LogP contribution in [-0.4, -0.2) is 27.6 Å². The molecule has 0 aliphatic heterocycles. The van der Waals surface area contributed by atoms with Gasteiger partial charge in [0.15, 0.2) is 5.82 Å². The van der Waals surface area contributed by atoms with Crippen LogP contribution in [-0.2, 0) is 11.8 Å². The van der Waals surface area contributed by atoms with Crippen molar-refractivity contribution in [1.82, 2.24) is 20.4 Å². The monoisotopic (exact) mass is 274 g/mol.